The highest BCUT2D eigenvalue weighted by atomic mass is 79.9. The van der Waals surface area contributed by atoms with Gasteiger partial charge in [-0.15, -0.1) is 11.3 Å². The fourth-order valence-electron chi connectivity index (χ4n) is 2.15. The van der Waals surface area contributed by atoms with Crippen molar-refractivity contribution in [2.75, 3.05) is 19.0 Å². The summed E-state index contributed by atoms with van der Waals surface area (Å²) in [6.07, 6.45) is -0.171. The van der Waals surface area contributed by atoms with Crippen molar-refractivity contribution in [3.8, 4) is 5.75 Å². The Labute approximate surface area is 169 Å². The molecule has 0 fully saturated rings. The van der Waals surface area contributed by atoms with Crippen LogP contribution in [0.15, 0.2) is 22.7 Å². The number of methoxy groups -OCH3 is 1. The summed E-state index contributed by atoms with van der Waals surface area (Å²) in [6.45, 7) is 3.32. The van der Waals surface area contributed by atoms with E-state index in [1.165, 1.54) is 18.4 Å². The van der Waals surface area contributed by atoms with Crippen molar-refractivity contribution >= 4 is 50.1 Å². The van der Waals surface area contributed by atoms with Crippen molar-refractivity contribution in [2.45, 2.75) is 26.7 Å². The van der Waals surface area contributed by atoms with Crippen LogP contribution in [-0.4, -0.2) is 36.4 Å². The monoisotopic (exact) mass is 454 g/mol. The van der Waals surface area contributed by atoms with Gasteiger partial charge in [-0.2, -0.15) is 0 Å². The number of amides is 1. The zero-order chi connectivity index (χ0) is 20.0. The lowest BCUT2D eigenvalue weighted by Gasteiger charge is -2.08. The maximum Gasteiger partial charge on any atom is 0.306 e. The minimum absolute atomic E-state index is 0.0435. The van der Waals surface area contributed by atoms with Crippen LogP contribution < -0.4 is 10.1 Å². The number of carbonyl (C=O) groups excluding carboxylic acids is 3. The number of rotatable bonds is 8. The highest BCUT2D eigenvalue weighted by molar-refractivity contribution is 9.10. The molecule has 1 aromatic heterocycles. The van der Waals surface area contributed by atoms with Crippen LogP contribution in [0.5, 0.6) is 5.75 Å². The number of Topliss-reactive ketones (excluding diaryl/α,β-unsaturated/α-hetero) is 1. The number of anilines is 1. The first-order valence-corrected chi connectivity index (χ1v) is 9.67. The van der Waals surface area contributed by atoms with Gasteiger partial charge in [0.1, 0.15) is 5.75 Å². The predicted molar refractivity (Wildman–Crippen MR) is 105 cm³/mol. The number of ketones is 1. The molecular weight excluding hydrogens is 436 g/mol. The minimum atomic E-state index is -0.626. The number of nitrogens with one attached hydrogen (secondary N) is 1. The summed E-state index contributed by atoms with van der Waals surface area (Å²) in [5, 5.41) is 3.03. The van der Waals surface area contributed by atoms with Gasteiger partial charge in [0.15, 0.2) is 17.5 Å². The highest BCUT2D eigenvalue weighted by Gasteiger charge is 2.16. The van der Waals surface area contributed by atoms with Crippen LogP contribution >= 0.6 is 27.3 Å². The second kappa shape index (κ2) is 9.61. The molecule has 0 radical (unpaired) electrons. The number of aryl methyl sites for hydroxylation is 2. The molecule has 1 amide bonds. The van der Waals surface area contributed by atoms with Crippen LogP contribution in [0.1, 0.15) is 33.8 Å². The molecule has 144 valence electrons. The van der Waals surface area contributed by atoms with Crippen LogP contribution in [0.25, 0.3) is 0 Å². The van der Waals surface area contributed by atoms with E-state index in [1.807, 2.05) is 13.8 Å². The molecule has 2 aromatic rings. The number of benzene rings is 1. The molecule has 1 aromatic carbocycles. The smallest absolute Gasteiger partial charge is 0.306 e. The maximum absolute atomic E-state index is 12.3. The van der Waals surface area contributed by atoms with Crippen molar-refractivity contribution in [1.29, 1.82) is 0 Å². The second-order valence-corrected chi connectivity index (χ2v) is 7.76. The molecule has 0 aliphatic carbocycles. The number of hydrogen-bond donors (Lipinski definition) is 1. The maximum atomic E-state index is 12.3. The van der Waals surface area contributed by atoms with Gasteiger partial charge in [0.05, 0.1) is 24.8 Å². The van der Waals surface area contributed by atoms with Gasteiger partial charge in [-0.3, -0.25) is 19.7 Å². The Hall–Kier alpha value is -2.26. The van der Waals surface area contributed by atoms with Gasteiger partial charge < -0.3 is 9.47 Å². The standard InChI is InChI=1S/C18H19BrN2O5S/c1-10-11(2)27-18(20-10)21-16(23)9-26-17(24)7-5-14(22)13-8-12(19)4-6-15(13)25-3/h4,6,8H,5,7,9H2,1-3H3,(H,20,21,23). The van der Waals surface area contributed by atoms with Gasteiger partial charge in [0, 0.05) is 15.8 Å². The zero-order valence-corrected chi connectivity index (χ0v) is 17.5. The Morgan fingerprint density at radius 2 is 1.96 bits per heavy atom. The third-order valence-electron chi connectivity index (χ3n) is 3.66. The molecule has 0 aliphatic rings. The summed E-state index contributed by atoms with van der Waals surface area (Å²) in [5.74, 6) is -0.913. The van der Waals surface area contributed by atoms with Crippen molar-refractivity contribution in [2.24, 2.45) is 0 Å². The quantitative estimate of drug-likeness (QED) is 0.482. The molecular formula is C18H19BrN2O5S. The summed E-state index contributed by atoms with van der Waals surface area (Å²) in [7, 11) is 1.47. The van der Waals surface area contributed by atoms with Crippen molar-refractivity contribution in [3.05, 3.63) is 38.8 Å². The number of nitrogens with zero attached hydrogens (tertiary/aromatic N) is 1. The van der Waals surface area contributed by atoms with Crippen LogP contribution in [0.4, 0.5) is 5.13 Å². The minimum Gasteiger partial charge on any atom is -0.496 e. The first kappa shape index (κ1) is 21.0. The molecule has 0 saturated heterocycles. The molecule has 1 N–H and O–H groups in total. The molecule has 0 unspecified atom stereocenters. The van der Waals surface area contributed by atoms with E-state index in [4.69, 9.17) is 9.47 Å². The van der Waals surface area contributed by atoms with Gasteiger partial charge in [0.25, 0.3) is 5.91 Å². The number of hydrogen-bond acceptors (Lipinski definition) is 7. The number of thiazole rings is 1. The van der Waals surface area contributed by atoms with Crippen molar-refractivity contribution in [1.82, 2.24) is 4.98 Å². The highest BCUT2D eigenvalue weighted by Crippen LogP contribution is 2.24. The van der Waals surface area contributed by atoms with Crippen LogP contribution in [0.3, 0.4) is 0 Å². The van der Waals surface area contributed by atoms with Gasteiger partial charge in [0.2, 0.25) is 0 Å². The average Bonchev–Trinajstić information content (AvgIpc) is 2.94. The molecule has 0 spiro atoms. The van der Waals surface area contributed by atoms with E-state index < -0.39 is 18.5 Å². The van der Waals surface area contributed by atoms with Crippen LogP contribution in [0.2, 0.25) is 0 Å². The second-order valence-electron chi connectivity index (χ2n) is 5.64. The number of carbonyl (C=O) groups is 3. The lowest BCUT2D eigenvalue weighted by atomic mass is 10.1. The first-order valence-electron chi connectivity index (χ1n) is 8.06. The number of ether oxygens (including phenoxy) is 2. The van der Waals surface area contributed by atoms with Gasteiger partial charge in [-0.25, -0.2) is 4.98 Å². The molecule has 27 heavy (non-hydrogen) atoms. The van der Waals surface area contributed by atoms with E-state index in [1.54, 1.807) is 18.2 Å². The van der Waals surface area contributed by atoms with E-state index >= 15 is 0 Å². The van der Waals surface area contributed by atoms with E-state index in [-0.39, 0.29) is 18.6 Å². The first-order chi connectivity index (χ1) is 12.8. The predicted octanol–water partition coefficient (Wildman–Crippen LogP) is 3.68. The Morgan fingerprint density at radius 1 is 1.22 bits per heavy atom. The number of aromatic nitrogens is 1. The summed E-state index contributed by atoms with van der Waals surface area (Å²) in [6, 6.07) is 5.06. The van der Waals surface area contributed by atoms with Gasteiger partial charge >= 0.3 is 5.97 Å². The summed E-state index contributed by atoms with van der Waals surface area (Å²) < 4.78 is 10.8. The fraction of sp³-hybridized carbons (Fsp3) is 0.333. The number of esters is 1. The lowest BCUT2D eigenvalue weighted by molar-refractivity contribution is -0.147. The van der Waals surface area contributed by atoms with Crippen molar-refractivity contribution in [3.63, 3.8) is 0 Å². The van der Waals surface area contributed by atoms with E-state index in [2.05, 4.69) is 26.2 Å². The fourth-order valence-corrected chi connectivity index (χ4v) is 3.34. The molecule has 0 bridgehead atoms. The molecule has 2 rings (SSSR count). The largest absolute Gasteiger partial charge is 0.496 e. The van der Waals surface area contributed by atoms with Crippen LogP contribution in [0, 0.1) is 13.8 Å². The molecule has 7 nitrogen and oxygen atoms in total. The van der Waals surface area contributed by atoms with Gasteiger partial charge in [-0.1, -0.05) is 15.9 Å². The topological polar surface area (TPSA) is 94.6 Å². The van der Waals surface area contributed by atoms with Gasteiger partial charge in [-0.05, 0) is 32.0 Å². The third-order valence-corrected chi connectivity index (χ3v) is 5.14. The third kappa shape index (κ3) is 6.14. The van der Waals surface area contributed by atoms with Crippen molar-refractivity contribution < 1.29 is 23.9 Å². The Balaban J connectivity index is 1.79. The SMILES string of the molecule is COc1ccc(Br)cc1C(=O)CCC(=O)OCC(=O)Nc1nc(C)c(C)s1. The van der Waals surface area contributed by atoms with Crippen LogP contribution in [-0.2, 0) is 14.3 Å². The van der Waals surface area contributed by atoms with E-state index in [0.717, 1.165) is 15.0 Å². The summed E-state index contributed by atoms with van der Waals surface area (Å²) in [4.78, 5) is 41.1. The van der Waals surface area contributed by atoms with E-state index in [0.29, 0.717) is 16.4 Å². The number of halogens is 1. The normalized spacial score (nSPS) is 10.4. The molecule has 0 saturated carbocycles. The Bertz CT molecular complexity index is 846. The molecule has 0 atom stereocenters. The average molecular weight is 455 g/mol. The molecule has 9 heteroatoms. The lowest BCUT2D eigenvalue weighted by Crippen LogP contribution is -2.21. The Morgan fingerprint density at radius 3 is 2.59 bits per heavy atom. The molecule has 1 heterocycles. The van der Waals surface area contributed by atoms with E-state index in [9.17, 15) is 14.4 Å². The summed E-state index contributed by atoms with van der Waals surface area (Å²) >= 11 is 4.65. The molecule has 0 aliphatic heterocycles. The summed E-state index contributed by atoms with van der Waals surface area (Å²) in [5.41, 5.74) is 1.22. The zero-order valence-electron chi connectivity index (χ0n) is 15.1. The Kier molecular flexibility index (Phi) is 7.49.